The van der Waals surface area contributed by atoms with Crippen molar-refractivity contribution < 1.29 is 4.79 Å². The van der Waals surface area contributed by atoms with Gasteiger partial charge in [0.1, 0.15) is 6.29 Å². The van der Waals surface area contributed by atoms with Crippen LogP contribution < -0.4 is 0 Å². The summed E-state index contributed by atoms with van der Waals surface area (Å²) in [7, 11) is 0. The van der Waals surface area contributed by atoms with Crippen molar-refractivity contribution in [1.29, 1.82) is 0 Å². The molecule has 3 saturated carbocycles. The fourth-order valence-corrected chi connectivity index (χ4v) is 7.27. The van der Waals surface area contributed by atoms with Crippen LogP contribution in [0.2, 0.25) is 0 Å². The van der Waals surface area contributed by atoms with Crippen molar-refractivity contribution in [2.45, 2.75) is 117 Å². The molecule has 1 atom stereocenters. The first-order chi connectivity index (χ1) is 12.7. The molecule has 0 amide bonds. The first-order valence-corrected chi connectivity index (χ1v) is 12.2. The van der Waals surface area contributed by atoms with E-state index in [1.807, 2.05) is 0 Å². The van der Waals surface area contributed by atoms with Crippen molar-refractivity contribution in [1.82, 2.24) is 0 Å². The minimum absolute atomic E-state index is 0.367. The minimum Gasteiger partial charge on any atom is -0.303 e. The maximum atomic E-state index is 12.5. The molecular weight excluding hydrogens is 316 g/mol. The van der Waals surface area contributed by atoms with Crippen molar-refractivity contribution in [3.8, 4) is 0 Å². The van der Waals surface area contributed by atoms with Crippen molar-refractivity contribution in [3.63, 3.8) is 0 Å². The van der Waals surface area contributed by atoms with Crippen LogP contribution in [0, 0.1) is 35.0 Å². The largest absolute Gasteiger partial charge is 0.303 e. The second-order valence-electron chi connectivity index (χ2n) is 10.2. The molecule has 0 aromatic carbocycles. The van der Waals surface area contributed by atoms with E-state index >= 15 is 0 Å². The third-order valence-corrected chi connectivity index (χ3v) is 8.94. The van der Waals surface area contributed by atoms with Crippen LogP contribution in [0.25, 0.3) is 0 Å². The standard InChI is InChI=1S/C25H44O/c1-3-8-21-11-13-22(14-12-21)24(19-26)25(23-9-6-5-7-10-23)17-15-20(4-2)16-18-25/h19-24H,3-18H2,1-2H3. The van der Waals surface area contributed by atoms with Crippen LogP contribution in [0.4, 0.5) is 0 Å². The van der Waals surface area contributed by atoms with E-state index in [-0.39, 0.29) is 0 Å². The quantitative estimate of drug-likeness (QED) is 0.428. The predicted octanol–water partition coefficient (Wildman–Crippen LogP) is 7.57. The summed E-state index contributed by atoms with van der Waals surface area (Å²) < 4.78 is 0. The zero-order valence-electron chi connectivity index (χ0n) is 17.7. The summed E-state index contributed by atoms with van der Waals surface area (Å²) in [5.41, 5.74) is 0.371. The van der Waals surface area contributed by atoms with Crippen LogP contribution in [0.1, 0.15) is 117 Å². The Morgan fingerprint density at radius 2 is 1.50 bits per heavy atom. The molecule has 0 spiro atoms. The monoisotopic (exact) mass is 360 g/mol. The Kier molecular flexibility index (Phi) is 7.64. The smallest absolute Gasteiger partial charge is 0.123 e. The summed E-state index contributed by atoms with van der Waals surface area (Å²) in [5.74, 6) is 3.79. The average molecular weight is 361 g/mol. The average Bonchev–Trinajstić information content (AvgIpc) is 2.71. The third-order valence-electron chi connectivity index (χ3n) is 8.94. The molecule has 0 N–H and O–H groups in total. The first kappa shape index (κ1) is 20.4. The fourth-order valence-electron chi connectivity index (χ4n) is 7.27. The van der Waals surface area contributed by atoms with Crippen LogP contribution in [0.5, 0.6) is 0 Å². The first-order valence-electron chi connectivity index (χ1n) is 12.2. The second-order valence-corrected chi connectivity index (χ2v) is 10.2. The van der Waals surface area contributed by atoms with Crippen LogP contribution in [0.15, 0.2) is 0 Å². The van der Waals surface area contributed by atoms with E-state index < -0.39 is 0 Å². The van der Waals surface area contributed by atoms with Crippen LogP contribution in [0.3, 0.4) is 0 Å². The van der Waals surface area contributed by atoms with Crippen LogP contribution in [-0.4, -0.2) is 6.29 Å². The zero-order valence-corrected chi connectivity index (χ0v) is 17.7. The summed E-state index contributed by atoms with van der Waals surface area (Å²) in [4.78, 5) is 12.5. The number of hydrogen-bond acceptors (Lipinski definition) is 1. The lowest BCUT2D eigenvalue weighted by Crippen LogP contribution is -2.46. The summed E-state index contributed by atoms with van der Waals surface area (Å²) in [5, 5.41) is 0. The summed E-state index contributed by atoms with van der Waals surface area (Å²) >= 11 is 0. The van der Waals surface area contributed by atoms with Gasteiger partial charge in [0.05, 0.1) is 0 Å². The molecule has 150 valence electrons. The van der Waals surface area contributed by atoms with Crippen molar-refractivity contribution in [3.05, 3.63) is 0 Å². The Hall–Kier alpha value is -0.330. The normalized spacial score (nSPS) is 38.0. The molecule has 3 aliphatic carbocycles. The number of carbonyl (C=O) groups is 1. The summed E-state index contributed by atoms with van der Waals surface area (Å²) in [6, 6.07) is 0. The van der Waals surface area contributed by atoms with Gasteiger partial charge in [0.25, 0.3) is 0 Å². The molecule has 1 nitrogen and oxygen atoms in total. The molecule has 3 fully saturated rings. The van der Waals surface area contributed by atoms with E-state index in [1.165, 1.54) is 109 Å². The fraction of sp³-hybridized carbons (Fsp3) is 0.960. The van der Waals surface area contributed by atoms with Gasteiger partial charge in [-0.25, -0.2) is 0 Å². The van der Waals surface area contributed by atoms with Gasteiger partial charge < -0.3 is 4.79 Å². The van der Waals surface area contributed by atoms with Gasteiger partial charge in [0.2, 0.25) is 0 Å². The molecule has 1 unspecified atom stereocenters. The van der Waals surface area contributed by atoms with Gasteiger partial charge >= 0.3 is 0 Å². The highest BCUT2D eigenvalue weighted by Crippen LogP contribution is 2.57. The highest BCUT2D eigenvalue weighted by molar-refractivity contribution is 5.56. The number of aldehydes is 1. The molecule has 26 heavy (non-hydrogen) atoms. The highest BCUT2D eigenvalue weighted by atomic mass is 16.1. The number of hydrogen-bond donors (Lipinski definition) is 0. The van der Waals surface area contributed by atoms with Gasteiger partial charge in [-0.2, -0.15) is 0 Å². The van der Waals surface area contributed by atoms with Crippen molar-refractivity contribution in [2.75, 3.05) is 0 Å². The molecule has 0 aromatic heterocycles. The molecule has 0 bridgehead atoms. The van der Waals surface area contributed by atoms with Gasteiger partial charge in [-0.3, -0.25) is 0 Å². The summed E-state index contributed by atoms with van der Waals surface area (Å²) in [6.45, 7) is 4.69. The molecular formula is C25H44O. The van der Waals surface area contributed by atoms with Gasteiger partial charge in [-0.1, -0.05) is 65.2 Å². The lowest BCUT2D eigenvalue weighted by Gasteiger charge is -2.53. The van der Waals surface area contributed by atoms with E-state index in [2.05, 4.69) is 13.8 Å². The zero-order chi connectivity index (χ0) is 18.4. The lowest BCUT2D eigenvalue weighted by atomic mass is 9.51. The van der Waals surface area contributed by atoms with Crippen LogP contribution in [-0.2, 0) is 4.79 Å². The van der Waals surface area contributed by atoms with Crippen LogP contribution >= 0.6 is 0 Å². The highest BCUT2D eigenvalue weighted by Gasteiger charge is 2.49. The molecule has 3 aliphatic rings. The molecule has 0 aromatic rings. The number of rotatable bonds is 7. The number of carbonyl (C=O) groups excluding carboxylic acids is 1. The topological polar surface area (TPSA) is 17.1 Å². The Labute approximate surface area is 163 Å². The molecule has 0 aliphatic heterocycles. The van der Waals surface area contributed by atoms with Gasteiger partial charge in [-0.15, -0.1) is 0 Å². The predicted molar refractivity (Wildman–Crippen MR) is 111 cm³/mol. The van der Waals surface area contributed by atoms with Gasteiger partial charge in [0, 0.05) is 5.92 Å². The SMILES string of the molecule is CCCC1CCC(C(C=O)C2(C3CCCCC3)CCC(CC)CC2)CC1. The summed E-state index contributed by atoms with van der Waals surface area (Å²) in [6.07, 6.45) is 23.6. The Morgan fingerprint density at radius 1 is 0.846 bits per heavy atom. The molecule has 0 radical (unpaired) electrons. The second kappa shape index (κ2) is 9.74. The maximum Gasteiger partial charge on any atom is 0.123 e. The molecule has 0 heterocycles. The Balaban J connectivity index is 1.74. The van der Waals surface area contributed by atoms with E-state index in [0.29, 0.717) is 17.3 Å². The van der Waals surface area contributed by atoms with E-state index in [1.54, 1.807) is 0 Å². The lowest BCUT2D eigenvalue weighted by molar-refractivity contribution is -0.125. The van der Waals surface area contributed by atoms with Gasteiger partial charge in [0.15, 0.2) is 0 Å². The Morgan fingerprint density at radius 3 is 2.04 bits per heavy atom. The van der Waals surface area contributed by atoms with Crippen molar-refractivity contribution >= 4 is 6.29 Å². The molecule has 1 heteroatoms. The van der Waals surface area contributed by atoms with Gasteiger partial charge in [-0.05, 0) is 80.5 Å². The van der Waals surface area contributed by atoms with E-state index in [9.17, 15) is 4.79 Å². The Bertz CT molecular complexity index is 406. The molecule has 3 rings (SSSR count). The maximum absolute atomic E-state index is 12.5. The van der Waals surface area contributed by atoms with E-state index in [4.69, 9.17) is 0 Å². The third kappa shape index (κ3) is 4.39. The minimum atomic E-state index is 0.367. The van der Waals surface area contributed by atoms with Crippen molar-refractivity contribution in [2.24, 2.45) is 35.0 Å². The molecule has 0 saturated heterocycles. The van der Waals surface area contributed by atoms with E-state index in [0.717, 1.165) is 17.8 Å².